The molecule has 2 heterocycles. The maximum Gasteiger partial charge on any atom is 0.410 e. The SMILES string of the molecule is C=Nc1c(/N=C(\C)CN)ccn1S(=O)(=O)c1ccc(C)cc1CC(C)(C)OC(=O)N1CCC[C@@H](C(=O)O)C1. The number of likely N-dealkylation sites (tertiary alicyclic amines) is 1. The summed E-state index contributed by atoms with van der Waals surface area (Å²) in [4.78, 5) is 33.9. The minimum atomic E-state index is -4.12. The number of ether oxygens (including phenoxy) is 1. The summed E-state index contributed by atoms with van der Waals surface area (Å²) in [6.45, 7) is 11.2. The van der Waals surface area contributed by atoms with Gasteiger partial charge in [0.15, 0.2) is 5.82 Å². The van der Waals surface area contributed by atoms with Gasteiger partial charge in [0.25, 0.3) is 10.0 Å². The molecule has 1 aliphatic rings. The molecule has 3 rings (SSSR count). The molecule has 11 nitrogen and oxygen atoms in total. The first-order valence-corrected chi connectivity index (χ1v) is 13.7. The van der Waals surface area contributed by atoms with E-state index in [1.165, 1.54) is 23.2 Å². The molecule has 1 atom stereocenters. The van der Waals surface area contributed by atoms with Gasteiger partial charge in [0, 0.05) is 38.0 Å². The Balaban J connectivity index is 1.92. The van der Waals surface area contributed by atoms with Gasteiger partial charge < -0.3 is 20.5 Å². The minimum absolute atomic E-state index is 0.0303. The van der Waals surface area contributed by atoms with Crippen molar-refractivity contribution >= 4 is 46.0 Å². The number of nitrogens with two attached hydrogens (primary N) is 1. The first-order valence-electron chi connectivity index (χ1n) is 12.3. The zero-order valence-electron chi connectivity index (χ0n) is 22.2. The Morgan fingerprint density at radius 3 is 2.63 bits per heavy atom. The fourth-order valence-electron chi connectivity index (χ4n) is 4.42. The Morgan fingerprint density at radius 2 is 2.00 bits per heavy atom. The number of rotatable bonds is 9. The number of amides is 1. The van der Waals surface area contributed by atoms with Crippen LogP contribution in [0.15, 0.2) is 45.3 Å². The molecule has 0 spiro atoms. The number of hydrogen-bond acceptors (Lipinski definition) is 8. The van der Waals surface area contributed by atoms with Crippen LogP contribution >= 0.6 is 0 Å². The molecule has 1 fully saturated rings. The maximum atomic E-state index is 13.8. The van der Waals surface area contributed by atoms with E-state index in [0.29, 0.717) is 36.3 Å². The molecule has 1 saturated heterocycles. The molecule has 0 saturated carbocycles. The van der Waals surface area contributed by atoms with E-state index in [1.54, 1.807) is 32.9 Å². The van der Waals surface area contributed by atoms with Crippen molar-refractivity contribution in [3.05, 3.63) is 41.6 Å². The van der Waals surface area contributed by atoms with Gasteiger partial charge in [-0.3, -0.25) is 9.79 Å². The summed E-state index contributed by atoms with van der Waals surface area (Å²) in [6.07, 6.45) is 1.92. The van der Waals surface area contributed by atoms with Crippen LogP contribution in [-0.4, -0.2) is 72.1 Å². The van der Waals surface area contributed by atoms with Crippen molar-refractivity contribution in [3.63, 3.8) is 0 Å². The molecule has 12 heteroatoms. The average molecular weight is 546 g/mol. The van der Waals surface area contributed by atoms with Crippen LogP contribution in [-0.2, 0) is 26.0 Å². The molecule has 0 radical (unpaired) electrons. The summed E-state index contributed by atoms with van der Waals surface area (Å²) in [5.74, 6) is -1.51. The number of aromatic nitrogens is 1. The van der Waals surface area contributed by atoms with E-state index in [2.05, 4.69) is 16.7 Å². The first kappa shape index (κ1) is 29.1. The van der Waals surface area contributed by atoms with E-state index >= 15 is 0 Å². The van der Waals surface area contributed by atoms with Gasteiger partial charge in [-0.2, -0.15) is 0 Å². The van der Waals surface area contributed by atoms with Crippen LogP contribution in [0.1, 0.15) is 44.7 Å². The zero-order valence-corrected chi connectivity index (χ0v) is 23.0. The second-order valence-corrected chi connectivity index (χ2v) is 11.9. The normalized spacial score (nSPS) is 16.8. The largest absolute Gasteiger partial charge is 0.481 e. The molecule has 38 heavy (non-hydrogen) atoms. The smallest absolute Gasteiger partial charge is 0.410 e. The van der Waals surface area contributed by atoms with Crippen LogP contribution in [0.2, 0.25) is 0 Å². The van der Waals surface area contributed by atoms with Crippen molar-refractivity contribution in [2.24, 2.45) is 21.6 Å². The molecule has 1 aromatic carbocycles. The quantitative estimate of drug-likeness (QED) is 0.455. The number of benzene rings is 1. The molecule has 206 valence electrons. The summed E-state index contributed by atoms with van der Waals surface area (Å²) in [7, 11) is -4.12. The molecular formula is C26H35N5O6S. The summed E-state index contributed by atoms with van der Waals surface area (Å²) < 4.78 is 34.4. The number of nitrogens with zero attached hydrogens (tertiary/aromatic N) is 4. The molecular weight excluding hydrogens is 510 g/mol. The van der Waals surface area contributed by atoms with E-state index in [4.69, 9.17) is 10.5 Å². The molecule has 0 bridgehead atoms. The molecule has 1 aliphatic heterocycles. The maximum absolute atomic E-state index is 13.8. The van der Waals surface area contributed by atoms with Crippen LogP contribution in [0.3, 0.4) is 0 Å². The van der Waals surface area contributed by atoms with E-state index in [-0.39, 0.29) is 30.2 Å². The highest BCUT2D eigenvalue weighted by Crippen LogP contribution is 2.34. The fraction of sp³-hybridized carbons (Fsp3) is 0.462. The molecule has 1 aromatic heterocycles. The minimum Gasteiger partial charge on any atom is -0.481 e. The number of carbonyl (C=O) groups excluding carboxylic acids is 1. The van der Waals surface area contributed by atoms with Gasteiger partial charge in [0.2, 0.25) is 0 Å². The summed E-state index contributed by atoms with van der Waals surface area (Å²) in [5, 5.41) is 9.33. The highest BCUT2D eigenvalue weighted by molar-refractivity contribution is 7.90. The van der Waals surface area contributed by atoms with Crippen molar-refractivity contribution < 1.29 is 27.9 Å². The lowest BCUT2D eigenvalue weighted by molar-refractivity contribution is -0.143. The van der Waals surface area contributed by atoms with Crippen molar-refractivity contribution in [2.75, 3.05) is 19.6 Å². The van der Waals surface area contributed by atoms with Crippen LogP contribution in [0.4, 0.5) is 16.3 Å². The van der Waals surface area contributed by atoms with Crippen LogP contribution < -0.4 is 5.73 Å². The molecule has 0 aliphatic carbocycles. The third-order valence-electron chi connectivity index (χ3n) is 6.32. The lowest BCUT2D eigenvalue weighted by atomic mass is 9.97. The number of carboxylic acids is 1. The molecule has 1 amide bonds. The number of carbonyl (C=O) groups is 2. The zero-order chi connectivity index (χ0) is 28.3. The number of piperidine rings is 1. The van der Waals surface area contributed by atoms with Crippen molar-refractivity contribution in [1.29, 1.82) is 0 Å². The number of hydrogen-bond donors (Lipinski definition) is 2. The molecule has 3 N–H and O–H groups in total. The molecule has 0 unspecified atom stereocenters. The van der Waals surface area contributed by atoms with Crippen LogP contribution in [0.25, 0.3) is 0 Å². The van der Waals surface area contributed by atoms with Crippen molar-refractivity contribution in [1.82, 2.24) is 8.87 Å². The standard InChI is InChI=1S/C26H35N5O6S/c1-17-8-9-22(38(35,36)31-12-10-21(23(31)28-5)29-18(2)15-27)20(13-17)14-26(3,4)37-25(34)30-11-6-7-19(16-30)24(32)33/h8-10,12-13,19H,5-7,11,14-16,27H2,1-4H3,(H,32,33)/b29-18+/t19-/m1/s1. The van der Waals surface area contributed by atoms with Gasteiger partial charge in [-0.1, -0.05) is 17.7 Å². The van der Waals surface area contributed by atoms with E-state index in [1.807, 2.05) is 6.92 Å². The number of carboxylic acid groups (broad SMARTS) is 1. The third-order valence-corrected chi connectivity index (χ3v) is 8.09. The Morgan fingerprint density at radius 1 is 1.29 bits per heavy atom. The van der Waals surface area contributed by atoms with E-state index < -0.39 is 33.6 Å². The van der Waals surface area contributed by atoms with Crippen molar-refractivity contribution in [3.8, 4) is 0 Å². The first-order chi connectivity index (χ1) is 17.8. The van der Waals surface area contributed by atoms with Gasteiger partial charge >= 0.3 is 12.1 Å². The highest BCUT2D eigenvalue weighted by Gasteiger charge is 2.34. The van der Waals surface area contributed by atoms with Gasteiger partial charge in [-0.05, 0) is 65.0 Å². The van der Waals surface area contributed by atoms with Crippen molar-refractivity contribution in [2.45, 2.75) is 57.5 Å². The van der Waals surface area contributed by atoms with E-state index in [0.717, 1.165) is 9.54 Å². The third kappa shape index (κ3) is 6.48. The Kier molecular flexibility index (Phi) is 8.78. The molecule has 2 aromatic rings. The predicted octanol–water partition coefficient (Wildman–Crippen LogP) is 3.67. The number of aliphatic carboxylic acids is 1. The topological polar surface area (TPSA) is 157 Å². The number of aliphatic imine (C=N–C) groups is 2. The fourth-order valence-corrected chi connectivity index (χ4v) is 5.94. The monoisotopic (exact) mass is 545 g/mol. The predicted molar refractivity (Wildman–Crippen MR) is 145 cm³/mol. The van der Waals surface area contributed by atoms with Crippen LogP contribution in [0.5, 0.6) is 0 Å². The van der Waals surface area contributed by atoms with Gasteiger partial charge in [-0.25, -0.2) is 22.2 Å². The second-order valence-electron chi connectivity index (χ2n) is 10.1. The summed E-state index contributed by atoms with van der Waals surface area (Å²) in [6, 6.07) is 6.48. The highest BCUT2D eigenvalue weighted by atomic mass is 32.2. The Labute approximate surface area is 223 Å². The summed E-state index contributed by atoms with van der Waals surface area (Å²) >= 11 is 0. The second kappa shape index (κ2) is 11.5. The van der Waals surface area contributed by atoms with Gasteiger partial charge in [0.1, 0.15) is 11.3 Å². The van der Waals surface area contributed by atoms with Gasteiger partial charge in [0.05, 0.1) is 10.8 Å². The average Bonchev–Trinajstić information content (AvgIpc) is 3.26. The lowest BCUT2D eigenvalue weighted by Crippen LogP contribution is -2.45. The Hall–Kier alpha value is -3.51. The van der Waals surface area contributed by atoms with Crippen LogP contribution in [0, 0.1) is 12.8 Å². The Bertz CT molecular complexity index is 1360. The number of aryl methyl sites for hydroxylation is 1. The van der Waals surface area contributed by atoms with E-state index in [9.17, 15) is 23.1 Å². The lowest BCUT2D eigenvalue weighted by Gasteiger charge is -2.34. The summed E-state index contributed by atoms with van der Waals surface area (Å²) in [5.41, 5.74) is 6.76. The van der Waals surface area contributed by atoms with Gasteiger partial charge in [-0.15, -0.1) is 0 Å².